The number of nitrogens with one attached hydrogen (secondary N) is 1. The van der Waals surface area contributed by atoms with E-state index in [2.05, 4.69) is 15.3 Å². The van der Waals surface area contributed by atoms with Gasteiger partial charge in [-0.05, 0) is 31.4 Å². The second kappa shape index (κ2) is 7.29. The van der Waals surface area contributed by atoms with Gasteiger partial charge in [0.2, 0.25) is 5.91 Å². The first-order chi connectivity index (χ1) is 13.7. The Kier molecular flexibility index (Phi) is 4.64. The maximum absolute atomic E-state index is 13.1. The van der Waals surface area contributed by atoms with Crippen LogP contribution >= 0.6 is 0 Å². The summed E-state index contributed by atoms with van der Waals surface area (Å²) in [5.74, 6) is 1.91. The molecule has 3 heterocycles. The Balaban J connectivity index is 1.29. The SMILES string of the molecule is O=C([C@H]1CC[C@@H](O)[C@H](Nc2ncnc3ccccc23)C1)N1C[C@H]2COC[C@H]2C1. The van der Waals surface area contributed by atoms with Gasteiger partial charge in [0.15, 0.2) is 0 Å². The van der Waals surface area contributed by atoms with Gasteiger partial charge in [0.1, 0.15) is 12.1 Å². The molecular weight excluding hydrogens is 356 g/mol. The Morgan fingerprint density at radius 2 is 1.93 bits per heavy atom. The van der Waals surface area contributed by atoms with Crippen molar-refractivity contribution in [1.82, 2.24) is 14.9 Å². The lowest BCUT2D eigenvalue weighted by atomic mass is 9.83. The number of fused-ring (bicyclic) bond motifs is 2. The van der Waals surface area contributed by atoms with E-state index in [1.165, 1.54) is 6.33 Å². The number of anilines is 1. The summed E-state index contributed by atoms with van der Waals surface area (Å²) in [6, 6.07) is 7.63. The van der Waals surface area contributed by atoms with Crippen molar-refractivity contribution in [2.75, 3.05) is 31.6 Å². The minimum atomic E-state index is -0.482. The molecule has 1 aromatic carbocycles. The zero-order valence-electron chi connectivity index (χ0n) is 15.8. The molecule has 1 saturated carbocycles. The molecule has 3 fully saturated rings. The number of likely N-dealkylation sites (tertiary alicyclic amines) is 1. The number of benzene rings is 1. The summed E-state index contributed by atoms with van der Waals surface area (Å²) in [5, 5.41) is 14.9. The molecule has 7 nitrogen and oxygen atoms in total. The Morgan fingerprint density at radius 3 is 2.75 bits per heavy atom. The molecule has 2 saturated heterocycles. The average molecular weight is 382 g/mol. The third-order valence-corrected chi connectivity index (χ3v) is 6.58. The van der Waals surface area contributed by atoms with E-state index in [-0.39, 0.29) is 17.9 Å². The number of aliphatic hydroxyl groups excluding tert-OH is 1. The first kappa shape index (κ1) is 17.8. The van der Waals surface area contributed by atoms with Crippen LogP contribution in [0.4, 0.5) is 5.82 Å². The van der Waals surface area contributed by atoms with Crippen LogP contribution < -0.4 is 5.32 Å². The normalized spacial score (nSPS) is 32.5. The molecule has 0 bridgehead atoms. The van der Waals surface area contributed by atoms with Gasteiger partial charge in [-0.15, -0.1) is 0 Å². The summed E-state index contributed by atoms with van der Waals surface area (Å²) in [6.07, 6.45) is 3.05. The standard InChI is InChI=1S/C21H26N4O3/c26-19-6-5-13(21(27)25-8-14-10-28-11-15(14)9-25)7-18(19)24-20-16-3-1-2-4-17(16)22-12-23-20/h1-4,12-15,18-19,26H,5-11H2,(H,22,23,24)/t13-,14-,15+,18+,19+/m0/s1. The summed E-state index contributed by atoms with van der Waals surface area (Å²) in [4.78, 5) is 23.8. The fraction of sp³-hybridized carbons (Fsp3) is 0.571. The van der Waals surface area contributed by atoms with Gasteiger partial charge in [-0.25, -0.2) is 9.97 Å². The molecule has 1 amide bonds. The van der Waals surface area contributed by atoms with Gasteiger partial charge in [0.05, 0.1) is 30.9 Å². The number of carbonyl (C=O) groups excluding carboxylic acids is 1. The highest BCUT2D eigenvalue weighted by molar-refractivity contribution is 5.88. The summed E-state index contributed by atoms with van der Waals surface area (Å²) in [5.41, 5.74) is 0.865. The van der Waals surface area contributed by atoms with Crippen LogP contribution in [0.2, 0.25) is 0 Å². The molecule has 0 radical (unpaired) electrons. The van der Waals surface area contributed by atoms with Crippen LogP contribution in [0, 0.1) is 17.8 Å². The maximum atomic E-state index is 13.1. The van der Waals surface area contributed by atoms with Gasteiger partial charge < -0.3 is 20.1 Å². The summed E-state index contributed by atoms with van der Waals surface area (Å²) in [6.45, 7) is 3.19. The first-order valence-corrected chi connectivity index (χ1v) is 10.2. The lowest BCUT2D eigenvalue weighted by Crippen LogP contribution is -2.45. The van der Waals surface area contributed by atoms with Crippen molar-refractivity contribution >= 4 is 22.6 Å². The first-order valence-electron chi connectivity index (χ1n) is 10.2. The fourth-order valence-corrected chi connectivity index (χ4v) is 4.95. The second-order valence-electron chi connectivity index (χ2n) is 8.37. The van der Waals surface area contributed by atoms with Crippen molar-refractivity contribution < 1.29 is 14.6 Å². The Morgan fingerprint density at radius 1 is 1.14 bits per heavy atom. The lowest BCUT2D eigenvalue weighted by Gasteiger charge is -2.35. The Bertz CT molecular complexity index is 858. The highest BCUT2D eigenvalue weighted by Crippen LogP contribution is 2.34. The topological polar surface area (TPSA) is 87.6 Å². The fourth-order valence-electron chi connectivity index (χ4n) is 4.95. The van der Waals surface area contributed by atoms with Gasteiger partial charge >= 0.3 is 0 Å². The number of nitrogens with zero attached hydrogens (tertiary/aromatic N) is 3. The number of rotatable bonds is 3. The number of amides is 1. The minimum absolute atomic E-state index is 0.0475. The Hall–Kier alpha value is -2.25. The lowest BCUT2D eigenvalue weighted by molar-refractivity contribution is -0.136. The third-order valence-electron chi connectivity index (χ3n) is 6.58. The molecule has 2 aliphatic heterocycles. The van der Waals surface area contributed by atoms with E-state index in [1.54, 1.807) is 0 Å². The van der Waals surface area contributed by atoms with Crippen molar-refractivity contribution in [2.45, 2.75) is 31.4 Å². The minimum Gasteiger partial charge on any atom is -0.391 e. The zero-order valence-corrected chi connectivity index (χ0v) is 15.8. The average Bonchev–Trinajstić information content (AvgIpc) is 3.32. The van der Waals surface area contributed by atoms with Crippen LogP contribution in [0.1, 0.15) is 19.3 Å². The van der Waals surface area contributed by atoms with E-state index in [9.17, 15) is 9.90 Å². The molecule has 148 valence electrons. The van der Waals surface area contributed by atoms with E-state index in [1.807, 2.05) is 29.2 Å². The predicted octanol–water partition coefficient (Wildman–Crippen LogP) is 1.68. The summed E-state index contributed by atoms with van der Waals surface area (Å²) < 4.78 is 5.52. The van der Waals surface area contributed by atoms with Crippen LogP contribution in [0.3, 0.4) is 0 Å². The molecular formula is C21H26N4O3. The molecule has 5 atom stereocenters. The van der Waals surface area contributed by atoms with E-state index >= 15 is 0 Å². The Labute approximate surface area is 164 Å². The van der Waals surface area contributed by atoms with Gasteiger partial charge in [0.25, 0.3) is 0 Å². The summed E-state index contributed by atoms with van der Waals surface area (Å²) >= 11 is 0. The van der Waals surface area contributed by atoms with Crippen molar-refractivity contribution in [3.63, 3.8) is 0 Å². The van der Waals surface area contributed by atoms with E-state index in [0.29, 0.717) is 24.7 Å². The van der Waals surface area contributed by atoms with Crippen LogP contribution in [0.5, 0.6) is 0 Å². The zero-order chi connectivity index (χ0) is 19.1. The molecule has 7 heteroatoms. The van der Waals surface area contributed by atoms with E-state index in [0.717, 1.165) is 49.4 Å². The number of aromatic nitrogens is 2. The molecule has 2 aromatic rings. The van der Waals surface area contributed by atoms with E-state index in [4.69, 9.17) is 4.74 Å². The van der Waals surface area contributed by atoms with Crippen LogP contribution in [0.15, 0.2) is 30.6 Å². The summed E-state index contributed by atoms with van der Waals surface area (Å²) in [7, 11) is 0. The van der Waals surface area contributed by atoms with E-state index < -0.39 is 6.10 Å². The molecule has 28 heavy (non-hydrogen) atoms. The predicted molar refractivity (Wildman–Crippen MR) is 105 cm³/mol. The van der Waals surface area contributed by atoms with Crippen molar-refractivity contribution in [3.05, 3.63) is 30.6 Å². The van der Waals surface area contributed by atoms with Gasteiger partial charge in [-0.3, -0.25) is 4.79 Å². The maximum Gasteiger partial charge on any atom is 0.225 e. The molecule has 1 aliphatic carbocycles. The highest BCUT2D eigenvalue weighted by Gasteiger charge is 2.42. The smallest absolute Gasteiger partial charge is 0.225 e. The molecule has 3 aliphatic rings. The highest BCUT2D eigenvalue weighted by atomic mass is 16.5. The molecule has 2 N–H and O–H groups in total. The largest absolute Gasteiger partial charge is 0.391 e. The van der Waals surface area contributed by atoms with Crippen molar-refractivity contribution in [3.8, 4) is 0 Å². The number of ether oxygens (including phenoxy) is 1. The molecule has 1 aromatic heterocycles. The third kappa shape index (κ3) is 3.22. The van der Waals surface area contributed by atoms with Crippen LogP contribution in [-0.4, -0.2) is 64.3 Å². The quantitative estimate of drug-likeness (QED) is 0.840. The van der Waals surface area contributed by atoms with Gasteiger partial charge in [0, 0.05) is 36.2 Å². The van der Waals surface area contributed by atoms with Crippen molar-refractivity contribution in [1.29, 1.82) is 0 Å². The number of hydrogen-bond acceptors (Lipinski definition) is 6. The number of hydrogen-bond donors (Lipinski definition) is 2. The van der Waals surface area contributed by atoms with Crippen LogP contribution in [-0.2, 0) is 9.53 Å². The second-order valence-corrected chi connectivity index (χ2v) is 8.37. The molecule has 0 unspecified atom stereocenters. The number of carbonyl (C=O) groups is 1. The number of aliphatic hydroxyl groups is 1. The molecule has 0 spiro atoms. The van der Waals surface area contributed by atoms with Gasteiger partial charge in [-0.1, -0.05) is 12.1 Å². The van der Waals surface area contributed by atoms with Gasteiger partial charge in [-0.2, -0.15) is 0 Å². The number of para-hydroxylation sites is 1. The van der Waals surface area contributed by atoms with Crippen molar-refractivity contribution in [2.24, 2.45) is 17.8 Å². The molecule has 5 rings (SSSR count). The monoisotopic (exact) mass is 382 g/mol. The van der Waals surface area contributed by atoms with Crippen LogP contribution in [0.25, 0.3) is 10.9 Å².